The number of carbonyl (C=O) groups is 2. The lowest BCUT2D eigenvalue weighted by atomic mass is 9.87. The number of piperidine rings is 1. The van der Waals surface area contributed by atoms with Crippen LogP contribution in [0.25, 0.3) is 0 Å². The predicted octanol–water partition coefficient (Wildman–Crippen LogP) is 16.7. The molecule has 11 rings (SSSR count). The fourth-order valence-corrected chi connectivity index (χ4v) is 16.2. The summed E-state index contributed by atoms with van der Waals surface area (Å²) in [5.74, 6) is 2.11. The molecule has 0 unspecified atom stereocenters. The second-order valence-electron chi connectivity index (χ2n) is 28.9. The number of hydrogen-bond acceptors (Lipinski definition) is 26. The summed E-state index contributed by atoms with van der Waals surface area (Å²) in [6, 6.07) is 30.7. The Morgan fingerprint density at radius 3 is 1.24 bits per heavy atom. The molecule has 2 aliphatic heterocycles. The van der Waals surface area contributed by atoms with E-state index in [0.717, 1.165) is 56.0 Å². The lowest BCUT2D eigenvalue weighted by Gasteiger charge is -2.28. The molecule has 1 amide bonds. The molecule has 0 saturated carbocycles. The van der Waals surface area contributed by atoms with Gasteiger partial charge in [0.15, 0.2) is 47.0 Å². The summed E-state index contributed by atoms with van der Waals surface area (Å²) in [6.45, 7) is 30.5. The van der Waals surface area contributed by atoms with Crippen LogP contribution in [-0.4, -0.2) is 158 Å². The first kappa shape index (κ1) is 89.2. The Labute approximate surface area is 688 Å². The number of nitrogens with zero attached hydrogens (tertiary/aromatic N) is 7. The smallest absolute Gasteiger partial charge is 0.336 e. The SMILES string of the molecule is CNC(=O)c1cc(Nc2ncc(Cl)c(Nc3ccccc3S(=O)(=O)C(C)C)n2)c(OC(C)C)cc1CN1CCOCC1.Cc1cc(Nc2ncc(Cl)c(Nc3ccccc3S(=O)(=O)C(C)C)n2)c(OC(C)C)cc1C(=O)O.Cc1cc(Nc2ncc(Cl)c(Nc3ccccc3S(=O)(=O)C(C)C)n2)c(OC(C)C)cc1C1CCNCC1. The lowest BCUT2D eigenvalue weighted by Crippen LogP contribution is -2.36. The zero-order chi connectivity index (χ0) is 83.8. The molecule has 0 aliphatic carbocycles. The van der Waals surface area contributed by atoms with Crippen molar-refractivity contribution in [2.45, 2.75) is 171 Å². The van der Waals surface area contributed by atoms with Crippen LogP contribution < -0.4 is 56.7 Å². The van der Waals surface area contributed by atoms with Gasteiger partial charge >= 0.3 is 5.97 Å². The molecule has 9 N–H and O–H groups in total. The largest absolute Gasteiger partial charge is 0.489 e. The van der Waals surface area contributed by atoms with E-state index in [1.54, 1.807) is 134 Å². The highest BCUT2D eigenvalue weighted by atomic mass is 35.5. The number of para-hydroxylation sites is 3. The molecule has 0 bridgehead atoms. The molecule has 3 aromatic heterocycles. The maximum absolute atomic E-state index is 13.0. The maximum Gasteiger partial charge on any atom is 0.336 e. The minimum absolute atomic E-state index is 0.0121. The summed E-state index contributed by atoms with van der Waals surface area (Å²) < 4.78 is 101. The van der Waals surface area contributed by atoms with Crippen molar-refractivity contribution in [3.05, 3.63) is 176 Å². The first-order valence-corrected chi connectivity index (χ1v) is 43.3. The first-order valence-electron chi connectivity index (χ1n) is 37.6. The number of carbonyl (C=O) groups excluding carboxylic acids is 1. The van der Waals surface area contributed by atoms with Crippen LogP contribution in [0.3, 0.4) is 0 Å². The third-order valence-corrected chi connectivity index (χ3v) is 25.6. The zero-order valence-electron chi connectivity index (χ0n) is 66.9. The van der Waals surface area contributed by atoms with Crippen molar-refractivity contribution in [2.24, 2.45) is 0 Å². The number of benzene rings is 6. The number of halogens is 3. The number of morpholine rings is 1. The van der Waals surface area contributed by atoms with Crippen LogP contribution in [0.4, 0.5) is 69.4 Å². The van der Waals surface area contributed by atoms with Gasteiger partial charge in [-0.15, -0.1) is 0 Å². The van der Waals surface area contributed by atoms with Crippen LogP contribution in [0.5, 0.6) is 17.2 Å². The van der Waals surface area contributed by atoms with Crippen LogP contribution in [0, 0.1) is 13.8 Å². The topological polar surface area (TPSA) is 371 Å². The van der Waals surface area contributed by atoms with Gasteiger partial charge in [0.25, 0.3) is 5.91 Å². The summed E-state index contributed by atoms with van der Waals surface area (Å²) in [7, 11) is -9.07. The van der Waals surface area contributed by atoms with Gasteiger partial charge in [0.1, 0.15) is 32.3 Å². The Hall–Kier alpha value is -9.70. The maximum atomic E-state index is 13.0. The molecule has 616 valence electrons. The highest BCUT2D eigenvalue weighted by Crippen LogP contribution is 2.41. The minimum atomic E-state index is -3.58. The number of rotatable bonds is 29. The van der Waals surface area contributed by atoms with Gasteiger partial charge in [-0.1, -0.05) is 71.2 Å². The number of anilines is 12. The molecule has 2 fully saturated rings. The van der Waals surface area contributed by atoms with E-state index in [1.165, 1.54) is 41.9 Å². The number of carboxylic acid groups (broad SMARTS) is 1. The number of aromatic carboxylic acids is 1. The molecule has 34 heteroatoms. The molecule has 0 spiro atoms. The van der Waals surface area contributed by atoms with E-state index in [-0.39, 0.29) is 83.1 Å². The van der Waals surface area contributed by atoms with Gasteiger partial charge in [0.2, 0.25) is 17.8 Å². The van der Waals surface area contributed by atoms with Crippen LogP contribution in [0.1, 0.15) is 145 Å². The molecule has 0 radical (unpaired) electrons. The lowest BCUT2D eigenvalue weighted by molar-refractivity contribution is 0.0340. The summed E-state index contributed by atoms with van der Waals surface area (Å²) in [5, 5.41) is 33.1. The van der Waals surface area contributed by atoms with E-state index in [4.69, 9.17) is 53.8 Å². The molecule has 9 aromatic rings. The quantitative estimate of drug-likeness (QED) is 0.0210. The van der Waals surface area contributed by atoms with Crippen molar-refractivity contribution in [2.75, 3.05) is 78.3 Å². The van der Waals surface area contributed by atoms with E-state index in [0.29, 0.717) is 88.5 Å². The number of nitrogens with one attached hydrogen (secondary N) is 8. The van der Waals surface area contributed by atoms with Crippen LogP contribution in [0.2, 0.25) is 15.1 Å². The third kappa shape index (κ3) is 23.3. The molecule has 2 saturated heterocycles. The van der Waals surface area contributed by atoms with Gasteiger partial charge in [-0.2, -0.15) is 15.0 Å². The number of hydrogen-bond donors (Lipinski definition) is 9. The molecule has 2 aliphatic rings. The Kier molecular flexibility index (Phi) is 30.9. The van der Waals surface area contributed by atoms with E-state index in [1.807, 2.05) is 47.6 Å². The average molecular weight is 1690 g/mol. The van der Waals surface area contributed by atoms with Gasteiger partial charge < -0.3 is 66.6 Å². The van der Waals surface area contributed by atoms with Crippen LogP contribution >= 0.6 is 34.8 Å². The number of aromatic nitrogens is 6. The van der Waals surface area contributed by atoms with Crippen molar-refractivity contribution in [3.8, 4) is 17.2 Å². The molecular weight excluding hydrogens is 1590 g/mol. The molecule has 115 heavy (non-hydrogen) atoms. The van der Waals surface area contributed by atoms with Crippen molar-refractivity contribution in [1.29, 1.82) is 0 Å². The van der Waals surface area contributed by atoms with Crippen molar-refractivity contribution in [1.82, 2.24) is 45.4 Å². The summed E-state index contributed by atoms with van der Waals surface area (Å²) in [6.07, 6.45) is 6.10. The van der Waals surface area contributed by atoms with E-state index in [2.05, 4.69) is 96.4 Å². The molecule has 6 aromatic carbocycles. The Morgan fingerprint density at radius 1 is 0.504 bits per heavy atom. The number of amides is 1. The second kappa shape index (κ2) is 39.8. The second-order valence-corrected chi connectivity index (χ2v) is 37.5. The number of carboxylic acids is 1. The monoisotopic (exact) mass is 1690 g/mol. The van der Waals surface area contributed by atoms with Gasteiger partial charge in [0.05, 0.1) is 120 Å². The molecule has 0 atom stereocenters. The molecule has 5 heterocycles. The van der Waals surface area contributed by atoms with Gasteiger partial charge in [-0.05, 0) is 224 Å². The number of aryl methyl sites for hydroxylation is 2. The van der Waals surface area contributed by atoms with E-state index < -0.39 is 51.2 Å². The molecular formula is C81H100Cl3N15O13S3. The Morgan fingerprint density at radius 2 is 0.870 bits per heavy atom. The van der Waals surface area contributed by atoms with Crippen molar-refractivity contribution < 1.29 is 58.9 Å². The summed E-state index contributed by atoms with van der Waals surface area (Å²) in [5.41, 5.74) is 7.22. The van der Waals surface area contributed by atoms with Crippen molar-refractivity contribution in [3.63, 3.8) is 0 Å². The average Bonchev–Trinajstić information content (AvgIpc) is 0.811. The van der Waals surface area contributed by atoms with Gasteiger partial charge in [-0.3, -0.25) is 9.69 Å². The fraction of sp³-hybridized carbons (Fsp3) is 0.383. The Balaban J connectivity index is 0.000000198. The first-order chi connectivity index (χ1) is 54.4. The zero-order valence-corrected chi connectivity index (χ0v) is 71.6. The highest BCUT2D eigenvalue weighted by molar-refractivity contribution is 7.92. The standard InChI is InChI=1S/C29H37ClN6O5S.C28H36ClN5O3S.C24H27ClN4O5S/c1-18(2)41-25-14-20(17-36-10-12-40-13-11-36)21(28(37)31-5)15-24(25)34-29-32-16-22(30)27(35-29)33-23-8-6-7-9-26(23)42(38,39)19(3)4;1-17(2)37-25-15-21(20-10-12-30-13-11-20)19(5)14-24(25)33-28-31-16-22(29)27(34-28)32-23-8-6-7-9-26(23)38(35,36)18(3)4;1-13(2)34-20-11-16(23(30)31)15(5)10-19(20)28-24-26-12-17(25)22(29-24)27-18-8-6-7-9-21(18)35(32,33)14(3)4/h6-9,14-16,18-19H,10-13,17H2,1-5H3,(H,31,37)(H2,32,33,34,35);6-9,14-18,20,30H,10-13H2,1-5H3,(H2,31,32,33,34);6-14H,1-5H3,(H,30,31)(H2,26,27,28,29). The normalized spacial score (nSPS) is 13.5. The van der Waals surface area contributed by atoms with E-state index >= 15 is 0 Å². The van der Waals surface area contributed by atoms with Gasteiger partial charge in [0, 0.05) is 32.2 Å². The van der Waals surface area contributed by atoms with Gasteiger partial charge in [-0.25, -0.2) is 45.0 Å². The number of ether oxygens (including phenoxy) is 4. The fourth-order valence-electron chi connectivity index (χ4n) is 12.1. The summed E-state index contributed by atoms with van der Waals surface area (Å²) >= 11 is 19.1. The van der Waals surface area contributed by atoms with Crippen LogP contribution in [-0.2, 0) is 40.8 Å². The summed E-state index contributed by atoms with van der Waals surface area (Å²) in [4.78, 5) is 53.6. The van der Waals surface area contributed by atoms with Crippen LogP contribution in [0.15, 0.2) is 142 Å². The molecule has 28 nitrogen and oxygen atoms in total. The minimum Gasteiger partial charge on any atom is -0.489 e. The number of sulfone groups is 3. The van der Waals surface area contributed by atoms with Crippen molar-refractivity contribution >= 4 is 146 Å². The highest BCUT2D eigenvalue weighted by Gasteiger charge is 2.29. The third-order valence-electron chi connectivity index (χ3n) is 18.1. The predicted molar refractivity (Wildman–Crippen MR) is 454 cm³/mol. The van der Waals surface area contributed by atoms with E-state index in [9.17, 15) is 39.9 Å². The Bertz CT molecular complexity index is 5310.